The van der Waals surface area contributed by atoms with Crippen molar-refractivity contribution >= 4 is 0 Å². The van der Waals surface area contributed by atoms with Gasteiger partial charge >= 0.3 is 0 Å². The maximum atomic E-state index is 10.1. The topological polar surface area (TPSA) is 35.5 Å². The second kappa shape index (κ2) is 7.09. The third kappa shape index (κ3) is 3.74. The molecule has 1 unspecified atom stereocenters. The predicted molar refractivity (Wildman–Crippen MR) is 84.1 cm³/mol. The van der Waals surface area contributed by atoms with E-state index in [1.165, 1.54) is 18.4 Å². The summed E-state index contributed by atoms with van der Waals surface area (Å²) in [6.07, 6.45) is 2.51. The molecule has 1 fully saturated rings. The van der Waals surface area contributed by atoms with Crippen LogP contribution in [0.3, 0.4) is 0 Å². The molecule has 1 saturated heterocycles. The number of likely N-dealkylation sites (tertiary alicyclic amines) is 1. The molecule has 2 rings (SSSR count). The van der Waals surface area contributed by atoms with Gasteiger partial charge in [-0.15, -0.1) is 0 Å². The molecule has 1 aliphatic rings. The Balaban J connectivity index is 1.94. The van der Waals surface area contributed by atoms with Crippen molar-refractivity contribution in [3.05, 3.63) is 29.3 Å². The van der Waals surface area contributed by atoms with Crippen LogP contribution >= 0.6 is 0 Å². The van der Waals surface area contributed by atoms with E-state index in [1.807, 2.05) is 12.1 Å². The minimum Gasteiger partial charge on any atom is -0.508 e. The number of phenolic OH excluding ortho intramolecular Hbond substituents is 1. The van der Waals surface area contributed by atoms with E-state index in [2.05, 4.69) is 37.1 Å². The molecule has 112 valence electrons. The molecule has 0 radical (unpaired) electrons. The lowest BCUT2D eigenvalue weighted by molar-refractivity contribution is 0.139. The molecule has 3 heteroatoms. The molecule has 0 aromatic heterocycles. The lowest BCUT2D eigenvalue weighted by atomic mass is 9.94. The van der Waals surface area contributed by atoms with Crippen LogP contribution in [0, 0.1) is 12.8 Å². The number of nitrogens with one attached hydrogen (secondary N) is 1. The van der Waals surface area contributed by atoms with E-state index in [4.69, 9.17) is 0 Å². The zero-order valence-corrected chi connectivity index (χ0v) is 13.0. The number of benzene rings is 1. The molecule has 2 N–H and O–H groups in total. The highest BCUT2D eigenvalue weighted by atomic mass is 16.3. The molecule has 0 aliphatic carbocycles. The second-order valence-electron chi connectivity index (χ2n) is 6.03. The van der Waals surface area contributed by atoms with Crippen LogP contribution in [0.5, 0.6) is 5.75 Å². The largest absolute Gasteiger partial charge is 0.508 e. The molecule has 20 heavy (non-hydrogen) atoms. The van der Waals surface area contributed by atoms with E-state index in [0.717, 1.165) is 37.7 Å². The van der Waals surface area contributed by atoms with Gasteiger partial charge in [-0.25, -0.2) is 0 Å². The Bertz CT molecular complexity index is 425. The second-order valence-corrected chi connectivity index (χ2v) is 6.03. The van der Waals surface area contributed by atoms with Gasteiger partial charge in [-0.05, 0) is 64.9 Å². The average molecular weight is 276 g/mol. The van der Waals surface area contributed by atoms with Crippen LogP contribution in [0.25, 0.3) is 0 Å². The SMILES string of the molecule is CCNCC1CCN(C(C)c2cc(C)ccc2O)CC1. The molecule has 0 spiro atoms. The molecule has 0 amide bonds. The summed E-state index contributed by atoms with van der Waals surface area (Å²) < 4.78 is 0. The van der Waals surface area contributed by atoms with Crippen molar-refractivity contribution in [3.63, 3.8) is 0 Å². The Morgan fingerprint density at radius 1 is 1.35 bits per heavy atom. The monoisotopic (exact) mass is 276 g/mol. The first kappa shape index (κ1) is 15.3. The zero-order valence-electron chi connectivity index (χ0n) is 13.0. The lowest BCUT2D eigenvalue weighted by Crippen LogP contribution is -2.38. The van der Waals surface area contributed by atoms with Crippen LogP contribution in [0.4, 0.5) is 0 Å². The summed E-state index contributed by atoms with van der Waals surface area (Å²) in [5, 5.41) is 13.5. The fraction of sp³-hybridized carbons (Fsp3) is 0.647. The smallest absolute Gasteiger partial charge is 0.120 e. The summed E-state index contributed by atoms with van der Waals surface area (Å²) in [5.74, 6) is 1.24. The lowest BCUT2D eigenvalue weighted by Gasteiger charge is -2.36. The highest BCUT2D eigenvalue weighted by molar-refractivity contribution is 5.37. The summed E-state index contributed by atoms with van der Waals surface area (Å²) in [6, 6.07) is 6.20. The van der Waals surface area contributed by atoms with Crippen molar-refractivity contribution in [2.75, 3.05) is 26.2 Å². The molecule has 0 bridgehead atoms. The summed E-state index contributed by atoms with van der Waals surface area (Å²) >= 11 is 0. The van der Waals surface area contributed by atoms with E-state index in [0.29, 0.717) is 11.8 Å². The van der Waals surface area contributed by atoms with Gasteiger partial charge in [0.05, 0.1) is 0 Å². The van der Waals surface area contributed by atoms with Crippen molar-refractivity contribution in [2.45, 2.75) is 39.7 Å². The minimum absolute atomic E-state index is 0.301. The van der Waals surface area contributed by atoms with Crippen molar-refractivity contribution in [1.82, 2.24) is 10.2 Å². The van der Waals surface area contributed by atoms with E-state index in [1.54, 1.807) is 0 Å². The normalized spacial score (nSPS) is 19.1. The predicted octanol–water partition coefficient (Wildman–Crippen LogP) is 3.08. The van der Waals surface area contributed by atoms with Gasteiger partial charge in [-0.2, -0.15) is 0 Å². The Morgan fingerprint density at radius 3 is 2.70 bits per heavy atom. The average Bonchev–Trinajstić information content (AvgIpc) is 2.47. The van der Waals surface area contributed by atoms with Crippen molar-refractivity contribution in [1.29, 1.82) is 0 Å². The summed E-state index contributed by atoms with van der Waals surface area (Å²) in [6.45, 7) is 10.9. The molecular formula is C17H28N2O. The highest BCUT2D eigenvalue weighted by Crippen LogP contribution is 2.31. The fourth-order valence-electron chi connectivity index (χ4n) is 3.10. The van der Waals surface area contributed by atoms with Crippen LogP contribution in [0.15, 0.2) is 18.2 Å². The molecule has 3 nitrogen and oxygen atoms in total. The fourth-order valence-corrected chi connectivity index (χ4v) is 3.10. The van der Waals surface area contributed by atoms with Gasteiger partial charge in [0, 0.05) is 11.6 Å². The number of rotatable bonds is 5. The molecule has 1 heterocycles. The van der Waals surface area contributed by atoms with E-state index < -0.39 is 0 Å². The van der Waals surface area contributed by atoms with E-state index in [-0.39, 0.29) is 0 Å². The number of aryl methyl sites for hydroxylation is 1. The Morgan fingerprint density at radius 2 is 2.05 bits per heavy atom. The molecule has 1 atom stereocenters. The van der Waals surface area contributed by atoms with Crippen molar-refractivity contribution < 1.29 is 5.11 Å². The summed E-state index contributed by atoms with van der Waals surface area (Å²) in [7, 11) is 0. The van der Waals surface area contributed by atoms with Crippen LogP contribution in [0.2, 0.25) is 0 Å². The van der Waals surface area contributed by atoms with Gasteiger partial charge in [0.25, 0.3) is 0 Å². The van der Waals surface area contributed by atoms with Crippen LogP contribution in [-0.2, 0) is 0 Å². The number of aromatic hydroxyl groups is 1. The van der Waals surface area contributed by atoms with Gasteiger partial charge in [0.2, 0.25) is 0 Å². The quantitative estimate of drug-likeness (QED) is 0.867. The van der Waals surface area contributed by atoms with Gasteiger partial charge in [-0.3, -0.25) is 4.90 Å². The summed E-state index contributed by atoms with van der Waals surface area (Å²) in [4.78, 5) is 2.50. The van der Waals surface area contributed by atoms with Crippen molar-refractivity contribution in [2.24, 2.45) is 5.92 Å². The maximum absolute atomic E-state index is 10.1. The van der Waals surface area contributed by atoms with Crippen LogP contribution in [-0.4, -0.2) is 36.2 Å². The number of hydrogen-bond donors (Lipinski definition) is 2. The first-order chi connectivity index (χ1) is 9.61. The third-order valence-corrected chi connectivity index (χ3v) is 4.51. The van der Waals surface area contributed by atoms with E-state index in [9.17, 15) is 5.11 Å². The number of piperidine rings is 1. The molecule has 0 saturated carbocycles. The maximum Gasteiger partial charge on any atom is 0.120 e. The van der Waals surface area contributed by atoms with E-state index >= 15 is 0 Å². The number of phenols is 1. The summed E-state index contributed by atoms with van der Waals surface area (Å²) in [5.41, 5.74) is 2.28. The molecular weight excluding hydrogens is 248 g/mol. The van der Waals surface area contributed by atoms with Gasteiger partial charge in [-0.1, -0.05) is 24.6 Å². The van der Waals surface area contributed by atoms with Crippen LogP contribution < -0.4 is 5.32 Å². The van der Waals surface area contributed by atoms with Crippen LogP contribution in [0.1, 0.15) is 43.9 Å². The molecule has 1 aliphatic heterocycles. The Hall–Kier alpha value is -1.06. The van der Waals surface area contributed by atoms with Gasteiger partial charge in [0.1, 0.15) is 5.75 Å². The van der Waals surface area contributed by atoms with Crippen molar-refractivity contribution in [3.8, 4) is 5.75 Å². The molecule has 1 aromatic carbocycles. The first-order valence-electron chi connectivity index (χ1n) is 7.86. The highest BCUT2D eigenvalue weighted by Gasteiger charge is 2.24. The third-order valence-electron chi connectivity index (χ3n) is 4.51. The molecule has 1 aromatic rings. The zero-order chi connectivity index (χ0) is 14.5. The van der Waals surface area contributed by atoms with Gasteiger partial charge in [0.15, 0.2) is 0 Å². The van der Waals surface area contributed by atoms with Gasteiger partial charge < -0.3 is 10.4 Å². The first-order valence-corrected chi connectivity index (χ1v) is 7.86. The Kier molecular flexibility index (Phi) is 5.44. The minimum atomic E-state index is 0.301. The number of hydrogen-bond acceptors (Lipinski definition) is 3. The Labute approximate surface area is 123 Å². The standard InChI is InChI=1S/C17H28N2O/c1-4-18-12-15-7-9-19(10-8-15)14(3)16-11-13(2)5-6-17(16)20/h5-6,11,14-15,18,20H,4,7-10,12H2,1-3H3. The number of nitrogens with zero attached hydrogens (tertiary/aromatic N) is 1.